The van der Waals surface area contributed by atoms with Gasteiger partial charge in [0.2, 0.25) is 0 Å². The molecule has 5 nitrogen and oxygen atoms in total. The van der Waals surface area contributed by atoms with Gasteiger partial charge in [0, 0.05) is 48.5 Å². The number of benzene rings is 2. The standard InChI is InChI=1S/C27H27ClN4O/c1-19-13-20(2)25(21(3)14-19)17-31-12-11-30-26(31)18-32(16-22-5-4-10-29-15-22)27(33)23-6-8-24(28)9-7-23/h4-15H,16-18H2,1-3H3. The maximum absolute atomic E-state index is 13.4. The quantitative estimate of drug-likeness (QED) is 0.354. The molecule has 0 saturated carbocycles. The van der Waals surface area contributed by atoms with E-state index in [1.807, 2.05) is 18.3 Å². The highest BCUT2D eigenvalue weighted by Gasteiger charge is 2.19. The summed E-state index contributed by atoms with van der Waals surface area (Å²) in [6, 6.07) is 15.3. The SMILES string of the molecule is Cc1cc(C)c(Cn2ccnc2CN(Cc2cccnc2)C(=O)c2ccc(Cl)cc2)c(C)c1. The van der Waals surface area contributed by atoms with E-state index in [1.165, 1.54) is 22.3 Å². The normalized spacial score (nSPS) is 10.9. The lowest BCUT2D eigenvalue weighted by Gasteiger charge is -2.23. The molecule has 0 bridgehead atoms. The minimum Gasteiger partial charge on any atom is -0.329 e. The number of imidazole rings is 1. The van der Waals surface area contributed by atoms with Gasteiger partial charge in [-0.05, 0) is 73.4 Å². The average molecular weight is 459 g/mol. The van der Waals surface area contributed by atoms with Gasteiger partial charge in [0.1, 0.15) is 5.82 Å². The molecule has 4 aromatic rings. The van der Waals surface area contributed by atoms with Crippen molar-refractivity contribution in [3.63, 3.8) is 0 Å². The van der Waals surface area contributed by atoms with Crippen molar-refractivity contribution in [2.24, 2.45) is 0 Å². The number of halogens is 1. The highest BCUT2D eigenvalue weighted by Crippen LogP contribution is 2.20. The second kappa shape index (κ2) is 10.0. The molecule has 2 heterocycles. The molecule has 6 heteroatoms. The van der Waals surface area contributed by atoms with E-state index in [9.17, 15) is 4.79 Å². The molecule has 0 fully saturated rings. The van der Waals surface area contributed by atoms with Crippen LogP contribution in [0.25, 0.3) is 0 Å². The first kappa shape index (κ1) is 22.7. The van der Waals surface area contributed by atoms with Gasteiger partial charge in [-0.2, -0.15) is 0 Å². The third-order valence-electron chi connectivity index (χ3n) is 5.78. The Morgan fingerprint density at radius 3 is 2.39 bits per heavy atom. The van der Waals surface area contributed by atoms with Crippen molar-refractivity contribution in [1.82, 2.24) is 19.4 Å². The van der Waals surface area contributed by atoms with E-state index in [1.54, 1.807) is 47.8 Å². The highest BCUT2D eigenvalue weighted by molar-refractivity contribution is 6.30. The van der Waals surface area contributed by atoms with Crippen molar-refractivity contribution in [2.75, 3.05) is 0 Å². The highest BCUT2D eigenvalue weighted by atomic mass is 35.5. The van der Waals surface area contributed by atoms with Gasteiger partial charge in [-0.1, -0.05) is 35.4 Å². The Morgan fingerprint density at radius 1 is 1.00 bits per heavy atom. The molecule has 0 aliphatic heterocycles. The molecule has 2 aromatic carbocycles. The zero-order valence-corrected chi connectivity index (χ0v) is 19.9. The Balaban J connectivity index is 1.62. The zero-order chi connectivity index (χ0) is 23.4. The first-order chi connectivity index (χ1) is 15.9. The van der Waals surface area contributed by atoms with Gasteiger partial charge >= 0.3 is 0 Å². The fourth-order valence-electron chi connectivity index (χ4n) is 4.12. The van der Waals surface area contributed by atoms with E-state index < -0.39 is 0 Å². The minimum atomic E-state index is -0.0761. The fraction of sp³-hybridized carbons (Fsp3) is 0.222. The summed E-state index contributed by atoms with van der Waals surface area (Å²) in [6.07, 6.45) is 7.29. The Kier molecular flexibility index (Phi) is 6.90. The topological polar surface area (TPSA) is 51.0 Å². The molecule has 0 unspecified atom stereocenters. The Morgan fingerprint density at radius 2 is 1.73 bits per heavy atom. The molecule has 4 rings (SSSR count). The number of hydrogen-bond donors (Lipinski definition) is 0. The van der Waals surface area contributed by atoms with Crippen LogP contribution in [0.1, 0.15) is 44.0 Å². The largest absolute Gasteiger partial charge is 0.329 e. The summed E-state index contributed by atoms with van der Waals surface area (Å²) >= 11 is 6.03. The van der Waals surface area contributed by atoms with E-state index in [4.69, 9.17) is 11.6 Å². The number of amides is 1. The van der Waals surface area contributed by atoms with E-state index in [-0.39, 0.29) is 5.91 Å². The van der Waals surface area contributed by atoms with Gasteiger partial charge in [0.05, 0.1) is 6.54 Å². The fourth-order valence-corrected chi connectivity index (χ4v) is 4.25. The van der Waals surface area contributed by atoms with E-state index >= 15 is 0 Å². The maximum atomic E-state index is 13.4. The van der Waals surface area contributed by atoms with Crippen LogP contribution in [-0.4, -0.2) is 25.3 Å². The Labute approximate surface area is 199 Å². The molecule has 0 atom stereocenters. The Hall–Kier alpha value is -3.44. The van der Waals surface area contributed by atoms with Gasteiger partial charge in [0.15, 0.2) is 0 Å². The summed E-state index contributed by atoms with van der Waals surface area (Å²) < 4.78 is 2.12. The molecule has 0 radical (unpaired) electrons. The van der Waals surface area contributed by atoms with Crippen molar-refractivity contribution in [1.29, 1.82) is 0 Å². The van der Waals surface area contributed by atoms with E-state index in [0.717, 1.165) is 11.4 Å². The van der Waals surface area contributed by atoms with E-state index in [2.05, 4.69) is 47.4 Å². The molecule has 0 N–H and O–H groups in total. The third-order valence-corrected chi connectivity index (χ3v) is 6.03. The molecule has 168 valence electrons. The number of carbonyl (C=O) groups is 1. The van der Waals surface area contributed by atoms with Crippen LogP contribution in [0, 0.1) is 20.8 Å². The number of aromatic nitrogens is 3. The summed E-state index contributed by atoms with van der Waals surface area (Å²) in [6.45, 7) is 7.93. The van der Waals surface area contributed by atoms with Gasteiger partial charge in [0.25, 0.3) is 5.91 Å². The van der Waals surface area contributed by atoms with Crippen LogP contribution >= 0.6 is 11.6 Å². The minimum absolute atomic E-state index is 0.0761. The summed E-state index contributed by atoms with van der Waals surface area (Å²) in [5.74, 6) is 0.758. The second-order valence-corrected chi connectivity index (χ2v) is 8.81. The third kappa shape index (κ3) is 5.49. The maximum Gasteiger partial charge on any atom is 0.254 e. The van der Waals surface area contributed by atoms with Crippen molar-refractivity contribution < 1.29 is 4.79 Å². The Bertz CT molecular complexity index is 1230. The average Bonchev–Trinajstić information content (AvgIpc) is 3.23. The monoisotopic (exact) mass is 458 g/mol. The van der Waals surface area contributed by atoms with Crippen LogP contribution in [0.5, 0.6) is 0 Å². The van der Waals surface area contributed by atoms with E-state index in [0.29, 0.717) is 30.2 Å². The molecule has 33 heavy (non-hydrogen) atoms. The molecular formula is C27H27ClN4O. The van der Waals surface area contributed by atoms with Gasteiger partial charge < -0.3 is 9.47 Å². The van der Waals surface area contributed by atoms with Crippen molar-refractivity contribution >= 4 is 17.5 Å². The second-order valence-electron chi connectivity index (χ2n) is 8.38. The summed E-state index contributed by atoms with van der Waals surface area (Å²) in [5.41, 5.74) is 6.61. The summed E-state index contributed by atoms with van der Waals surface area (Å²) in [5, 5.41) is 0.602. The number of nitrogens with zero attached hydrogens (tertiary/aromatic N) is 4. The van der Waals surface area contributed by atoms with Gasteiger partial charge in [-0.15, -0.1) is 0 Å². The number of aryl methyl sites for hydroxylation is 3. The molecular weight excluding hydrogens is 432 g/mol. The van der Waals surface area contributed by atoms with Crippen LogP contribution in [0.2, 0.25) is 5.02 Å². The van der Waals surface area contributed by atoms with Crippen molar-refractivity contribution in [3.05, 3.63) is 118 Å². The first-order valence-electron chi connectivity index (χ1n) is 10.9. The smallest absolute Gasteiger partial charge is 0.254 e. The predicted octanol–water partition coefficient (Wildman–Crippen LogP) is 5.75. The zero-order valence-electron chi connectivity index (χ0n) is 19.1. The molecule has 0 aliphatic rings. The number of carbonyl (C=O) groups excluding carboxylic acids is 1. The van der Waals surface area contributed by atoms with Crippen LogP contribution in [0.3, 0.4) is 0 Å². The lowest BCUT2D eigenvalue weighted by molar-refractivity contribution is 0.0723. The van der Waals surface area contributed by atoms with Gasteiger partial charge in [-0.3, -0.25) is 9.78 Å². The van der Waals surface area contributed by atoms with Crippen LogP contribution in [0.15, 0.2) is 73.3 Å². The lowest BCUT2D eigenvalue weighted by Crippen LogP contribution is -2.31. The van der Waals surface area contributed by atoms with Crippen LogP contribution in [-0.2, 0) is 19.6 Å². The summed E-state index contributed by atoms with van der Waals surface area (Å²) in [7, 11) is 0. The number of pyridine rings is 1. The lowest BCUT2D eigenvalue weighted by atomic mass is 10.00. The van der Waals surface area contributed by atoms with Crippen LogP contribution in [0.4, 0.5) is 0 Å². The van der Waals surface area contributed by atoms with Crippen molar-refractivity contribution in [3.8, 4) is 0 Å². The van der Waals surface area contributed by atoms with Crippen LogP contribution < -0.4 is 0 Å². The number of rotatable bonds is 7. The predicted molar refractivity (Wildman–Crippen MR) is 131 cm³/mol. The molecule has 0 saturated heterocycles. The molecule has 2 aromatic heterocycles. The van der Waals surface area contributed by atoms with Crippen molar-refractivity contribution in [2.45, 2.75) is 40.4 Å². The number of hydrogen-bond acceptors (Lipinski definition) is 3. The first-order valence-corrected chi connectivity index (χ1v) is 11.3. The molecule has 0 spiro atoms. The van der Waals surface area contributed by atoms with Gasteiger partial charge in [-0.25, -0.2) is 4.98 Å². The molecule has 0 aliphatic carbocycles. The summed E-state index contributed by atoms with van der Waals surface area (Å²) in [4.78, 5) is 24.0. The molecule has 1 amide bonds.